The predicted octanol–water partition coefficient (Wildman–Crippen LogP) is 1.62. The van der Waals surface area contributed by atoms with Gasteiger partial charge in [0.25, 0.3) is 0 Å². The van der Waals surface area contributed by atoms with E-state index >= 15 is 0 Å². The smallest absolute Gasteiger partial charge is 0.179 e. The monoisotopic (exact) mass is 189 g/mol. The van der Waals surface area contributed by atoms with Gasteiger partial charge in [0, 0.05) is 24.5 Å². The molecule has 0 unspecified atom stereocenters. The Kier molecular flexibility index (Phi) is 1.73. The minimum absolute atomic E-state index is 0.594. The van der Waals surface area contributed by atoms with Crippen LogP contribution in [0.15, 0.2) is 24.7 Å². The molecular formula is C10H11N3O. The maximum Gasteiger partial charge on any atom is 0.179 e. The summed E-state index contributed by atoms with van der Waals surface area (Å²) in [5.74, 6) is 1.44. The molecule has 0 bridgehead atoms. The van der Waals surface area contributed by atoms with Crippen LogP contribution in [0.25, 0.3) is 0 Å². The largest absolute Gasteiger partial charge is 0.263 e. The molecule has 1 aromatic rings. The summed E-state index contributed by atoms with van der Waals surface area (Å²) in [7, 11) is 0. The topological polar surface area (TPSA) is 38.2 Å². The van der Waals surface area contributed by atoms with Gasteiger partial charge in [-0.1, -0.05) is 0 Å². The Balaban J connectivity index is 1.98. The molecule has 1 saturated carbocycles. The molecule has 0 radical (unpaired) electrons. The van der Waals surface area contributed by atoms with Crippen LogP contribution in [-0.4, -0.2) is 16.6 Å². The summed E-state index contributed by atoms with van der Waals surface area (Å²) in [5, 5.41) is 1.71. The van der Waals surface area contributed by atoms with E-state index in [1.807, 2.05) is 12.3 Å². The molecule has 1 aliphatic carbocycles. The lowest BCUT2D eigenvalue weighted by Gasteiger charge is -2.15. The van der Waals surface area contributed by atoms with Crippen LogP contribution in [-0.2, 0) is 4.84 Å². The molecule has 2 heterocycles. The fourth-order valence-electron chi connectivity index (χ4n) is 1.59. The number of hydroxylamine groups is 1. The number of aromatic nitrogens is 2. The van der Waals surface area contributed by atoms with Crippen molar-refractivity contribution in [2.75, 3.05) is 11.7 Å². The van der Waals surface area contributed by atoms with Gasteiger partial charge in [0.15, 0.2) is 5.82 Å². The van der Waals surface area contributed by atoms with Gasteiger partial charge in [-0.2, -0.15) is 0 Å². The van der Waals surface area contributed by atoms with Gasteiger partial charge in [0.05, 0.1) is 12.3 Å². The van der Waals surface area contributed by atoms with Crippen molar-refractivity contribution in [1.82, 2.24) is 9.97 Å². The standard InChI is InChI=1S/C10H11N3O/c1-6-13(14-7-1)10-9(8-2-3-8)11-4-5-12-10/h1,4-6,8H,2-3,7H2. The predicted molar refractivity (Wildman–Crippen MR) is 51.6 cm³/mol. The minimum atomic E-state index is 0.594. The molecule has 14 heavy (non-hydrogen) atoms. The van der Waals surface area contributed by atoms with Gasteiger partial charge < -0.3 is 0 Å². The van der Waals surface area contributed by atoms with E-state index in [0.717, 1.165) is 11.5 Å². The third-order valence-electron chi connectivity index (χ3n) is 2.43. The van der Waals surface area contributed by atoms with Crippen molar-refractivity contribution >= 4 is 5.82 Å². The van der Waals surface area contributed by atoms with Gasteiger partial charge in [-0.15, -0.1) is 0 Å². The van der Waals surface area contributed by atoms with E-state index in [1.165, 1.54) is 12.8 Å². The van der Waals surface area contributed by atoms with Crippen LogP contribution in [0.2, 0.25) is 0 Å². The number of hydrogen-bond donors (Lipinski definition) is 0. The SMILES string of the molecule is C1=CN(c2nccnc2C2CC2)OC1. The zero-order chi connectivity index (χ0) is 9.38. The molecule has 0 saturated heterocycles. The van der Waals surface area contributed by atoms with E-state index in [-0.39, 0.29) is 0 Å². The molecule has 0 aromatic carbocycles. The Labute approximate surface area is 82.2 Å². The number of rotatable bonds is 2. The van der Waals surface area contributed by atoms with Crippen LogP contribution in [0, 0.1) is 0 Å². The number of hydrogen-bond acceptors (Lipinski definition) is 4. The van der Waals surface area contributed by atoms with Crippen LogP contribution >= 0.6 is 0 Å². The van der Waals surface area contributed by atoms with Crippen LogP contribution in [0.3, 0.4) is 0 Å². The summed E-state index contributed by atoms with van der Waals surface area (Å²) in [6.07, 6.45) is 9.77. The number of anilines is 1. The van der Waals surface area contributed by atoms with Gasteiger partial charge in [0.1, 0.15) is 0 Å². The van der Waals surface area contributed by atoms with Crippen LogP contribution < -0.4 is 5.06 Å². The van der Waals surface area contributed by atoms with E-state index in [1.54, 1.807) is 17.5 Å². The van der Waals surface area contributed by atoms with Gasteiger partial charge in [-0.25, -0.2) is 10.0 Å². The summed E-state index contributed by atoms with van der Waals surface area (Å²) in [6.45, 7) is 0.626. The van der Waals surface area contributed by atoms with Gasteiger partial charge >= 0.3 is 0 Å². The normalized spacial score (nSPS) is 20.4. The lowest BCUT2D eigenvalue weighted by molar-refractivity contribution is 0.177. The Morgan fingerprint density at radius 1 is 1.29 bits per heavy atom. The van der Waals surface area contributed by atoms with Crippen molar-refractivity contribution in [3.63, 3.8) is 0 Å². The lowest BCUT2D eigenvalue weighted by Crippen LogP contribution is -2.15. The summed E-state index contributed by atoms with van der Waals surface area (Å²) < 4.78 is 0. The molecule has 1 aliphatic heterocycles. The van der Waals surface area contributed by atoms with Gasteiger partial charge in [0.2, 0.25) is 0 Å². The highest BCUT2D eigenvalue weighted by molar-refractivity contribution is 5.47. The third kappa shape index (κ3) is 1.28. The van der Waals surface area contributed by atoms with Crippen molar-refractivity contribution in [3.8, 4) is 0 Å². The van der Waals surface area contributed by atoms with Crippen molar-refractivity contribution < 1.29 is 4.84 Å². The molecule has 1 aromatic heterocycles. The molecule has 1 fully saturated rings. The summed E-state index contributed by atoms with van der Waals surface area (Å²) in [4.78, 5) is 14.1. The van der Waals surface area contributed by atoms with Gasteiger partial charge in [-0.3, -0.25) is 9.82 Å². The molecule has 3 rings (SSSR count). The Morgan fingerprint density at radius 3 is 2.86 bits per heavy atom. The summed E-state index contributed by atoms with van der Waals surface area (Å²) in [6, 6.07) is 0. The van der Waals surface area contributed by atoms with Crippen LogP contribution in [0.1, 0.15) is 24.5 Å². The van der Waals surface area contributed by atoms with Gasteiger partial charge in [-0.05, 0) is 18.9 Å². The first kappa shape index (κ1) is 7.94. The van der Waals surface area contributed by atoms with Crippen molar-refractivity contribution in [1.29, 1.82) is 0 Å². The molecule has 0 amide bonds. The number of nitrogens with zero attached hydrogens (tertiary/aromatic N) is 3. The Morgan fingerprint density at radius 2 is 2.14 bits per heavy atom. The highest BCUT2D eigenvalue weighted by Crippen LogP contribution is 2.42. The molecular weight excluding hydrogens is 178 g/mol. The molecule has 72 valence electrons. The molecule has 4 heteroatoms. The first-order chi connectivity index (χ1) is 6.95. The van der Waals surface area contributed by atoms with E-state index in [9.17, 15) is 0 Å². The second-order valence-corrected chi connectivity index (χ2v) is 3.55. The van der Waals surface area contributed by atoms with E-state index in [2.05, 4.69) is 9.97 Å². The Hall–Kier alpha value is -1.42. The third-order valence-corrected chi connectivity index (χ3v) is 2.43. The highest BCUT2D eigenvalue weighted by atomic mass is 16.7. The molecule has 0 atom stereocenters. The van der Waals surface area contributed by atoms with Crippen molar-refractivity contribution in [2.45, 2.75) is 18.8 Å². The minimum Gasteiger partial charge on any atom is -0.263 e. The quantitative estimate of drug-likeness (QED) is 0.708. The second kappa shape index (κ2) is 3.06. The molecule has 2 aliphatic rings. The highest BCUT2D eigenvalue weighted by Gasteiger charge is 2.30. The van der Waals surface area contributed by atoms with E-state index < -0.39 is 0 Å². The lowest BCUT2D eigenvalue weighted by atomic mass is 10.3. The molecule has 4 nitrogen and oxygen atoms in total. The zero-order valence-electron chi connectivity index (χ0n) is 7.76. The van der Waals surface area contributed by atoms with E-state index in [4.69, 9.17) is 4.84 Å². The molecule has 0 N–H and O–H groups in total. The van der Waals surface area contributed by atoms with Crippen molar-refractivity contribution in [3.05, 3.63) is 30.4 Å². The maximum atomic E-state index is 5.38. The fraction of sp³-hybridized carbons (Fsp3) is 0.400. The van der Waals surface area contributed by atoms with Crippen LogP contribution in [0.5, 0.6) is 0 Å². The average molecular weight is 189 g/mol. The van der Waals surface area contributed by atoms with Crippen molar-refractivity contribution in [2.24, 2.45) is 0 Å². The summed E-state index contributed by atoms with van der Waals surface area (Å²) in [5.41, 5.74) is 1.07. The molecule has 0 spiro atoms. The first-order valence-corrected chi connectivity index (χ1v) is 4.85. The first-order valence-electron chi connectivity index (χ1n) is 4.85. The maximum absolute atomic E-state index is 5.38. The fourth-order valence-corrected chi connectivity index (χ4v) is 1.59. The zero-order valence-corrected chi connectivity index (χ0v) is 7.76. The van der Waals surface area contributed by atoms with E-state index in [0.29, 0.717) is 12.5 Å². The second-order valence-electron chi connectivity index (χ2n) is 3.55. The van der Waals surface area contributed by atoms with Crippen LogP contribution in [0.4, 0.5) is 5.82 Å². The average Bonchev–Trinajstić information content (AvgIpc) is 2.94. The Bertz CT molecular complexity index is 373. The summed E-state index contributed by atoms with van der Waals surface area (Å²) >= 11 is 0.